The highest BCUT2D eigenvalue weighted by Crippen LogP contribution is 2.19. The maximum atomic E-state index is 10.7. The Hall–Kier alpha value is -0.810. The number of thioether (sulfide) groups is 1. The molecule has 0 saturated carbocycles. The Morgan fingerprint density at radius 2 is 2.15 bits per heavy atom. The van der Waals surface area contributed by atoms with Crippen molar-refractivity contribution in [1.29, 1.82) is 0 Å². The van der Waals surface area contributed by atoms with Crippen molar-refractivity contribution in [3.63, 3.8) is 0 Å². The third-order valence-corrected chi connectivity index (χ3v) is 2.24. The lowest BCUT2D eigenvalue weighted by molar-refractivity contribution is 0.0695. The van der Waals surface area contributed by atoms with E-state index in [9.17, 15) is 4.79 Å². The zero-order valence-corrected chi connectivity index (χ0v) is 8.61. The van der Waals surface area contributed by atoms with Crippen molar-refractivity contribution in [2.75, 3.05) is 6.26 Å². The molecule has 0 atom stereocenters. The Labute approximate surface area is 84.3 Å². The molecule has 70 valence electrons. The van der Waals surface area contributed by atoms with Crippen molar-refractivity contribution in [2.45, 2.75) is 12.1 Å². The van der Waals surface area contributed by atoms with Gasteiger partial charge in [0.1, 0.15) is 10.7 Å². The van der Waals surface area contributed by atoms with Gasteiger partial charge in [-0.25, -0.2) is 14.8 Å². The predicted molar refractivity (Wildman–Crippen MR) is 50.5 cm³/mol. The number of halogens is 1. The first kappa shape index (κ1) is 10.3. The fourth-order valence-electron chi connectivity index (χ4n) is 0.848. The van der Waals surface area contributed by atoms with E-state index in [1.807, 2.05) is 0 Å². The number of aromatic carboxylic acids is 1. The van der Waals surface area contributed by atoms with Crippen molar-refractivity contribution in [2.24, 2.45) is 0 Å². The summed E-state index contributed by atoms with van der Waals surface area (Å²) in [6, 6.07) is 0. The summed E-state index contributed by atoms with van der Waals surface area (Å²) < 4.78 is 0. The molecule has 1 heterocycles. The van der Waals surface area contributed by atoms with Gasteiger partial charge in [0.25, 0.3) is 0 Å². The highest BCUT2D eigenvalue weighted by atomic mass is 35.5. The maximum Gasteiger partial charge on any atom is 0.340 e. The predicted octanol–water partition coefficient (Wildman–Crippen LogP) is 1.86. The normalized spacial score (nSPS) is 10.1. The topological polar surface area (TPSA) is 63.1 Å². The average molecular weight is 219 g/mol. The van der Waals surface area contributed by atoms with Crippen LogP contribution in [-0.2, 0) is 0 Å². The minimum absolute atomic E-state index is 0.00986. The van der Waals surface area contributed by atoms with Crippen molar-refractivity contribution < 1.29 is 9.90 Å². The average Bonchev–Trinajstić information content (AvgIpc) is 2.02. The van der Waals surface area contributed by atoms with E-state index in [0.717, 1.165) is 0 Å². The number of carboxylic acid groups (broad SMARTS) is 1. The maximum absolute atomic E-state index is 10.7. The van der Waals surface area contributed by atoms with Gasteiger partial charge in [-0.05, 0) is 13.2 Å². The van der Waals surface area contributed by atoms with Gasteiger partial charge in [-0.2, -0.15) is 0 Å². The van der Waals surface area contributed by atoms with Crippen molar-refractivity contribution in [3.8, 4) is 0 Å². The second kappa shape index (κ2) is 3.93. The highest BCUT2D eigenvalue weighted by Gasteiger charge is 2.15. The Kier molecular flexibility index (Phi) is 3.11. The molecular formula is C7H7ClN2O2S. The summed E-state index contributed by atoms with van der Waals surface area (Å²) in [7, 11) is 0. The molecule has 1 rings (SSSR count). The van der Waals surface area contributed by atoms with E-state index >= 15 is 0 Å². The fraction of sp³-hybridized carbons (Fsp3) is 0.286. The molecule has 1 aromatic heterocycles. The van der Waals surface area contributed by atoms with Crippen LogP contribution in [0, 0.1) is 6.92 Å². The van der Waals surface area contributed by atoms with Crippen molar-refractivity contribution in [1.82, 2.24) is 9.97 Å². The third kappa shape index (κ3) is 2.10. The van der Waals surface area contributed by atoms with Gasteiger partial charge in [-0.15, -0.1) is 0 Å². The summed E-state index contributed by atoms with van der Waals surface area (Å²) in [6.07, 6.45) is 1.80. The van der Waals surface area contributed by atoms with Crippen LogP contribution in [0.4, 0.5) is 0 Å². The molecule has 0 amide bonds. The lowest BCUT2D eigenvalue weighted by Gasteiger charge is -2.03. The van der Waals surface area contributed by atoms with E-state index in [1.165, 1.54) is 11.8 Å². The van der Waals surface area contributed by atoms with Crippen LogP contribution in [0.15, 0.2) is 5.16 Å². The summed E-state index contributed by atoms with van der Waals surface area (Å²) in [6.45, 7) is 1.59. The minimum atomic E-state index is -1.10. The number of aromatic nitrogens is 2. The van der Waals surface area contributed by atoms with Gasteiger partial charge in [0, 0.05) is 0 Å². The first-order valence-electron chi connectivity index (χ1n) is 3.37. The summed E-state index contributed by atoms with van der Waals surface area (Å²) in [5.41, 5.74) is 0.358. The van der Waals surface area contributed by atoms with E-state index in [1.54, 1.807) is 13.2 Å². The van der Waals surface area contributed by atoms with Crippen molar-refractivity contribution in [3.05, 3.63) is 16.4 Å². The molecule has 0 saturated heterocycles. The number of aryl methyl sites for hydroxylation is 1. The highest BCUT2D eigenvalue weighted by molar-refractivity contribution is 7.98. The molecule has 0 aliphatic carbocycles. The first-order chi connectivity index (χ1) is 6.06. The molecule has 4 nitrogen and oxygen atoms in total. The fourth-order valence-corrected chi connectivity index (χ4v) is 1.61. The standard InChI is InChI=1S/C7H7ClN2O2S/c1-3-4(6(11)12)5(8)10-7(9-3)13-2/h1-2H3,(H,11,12). The summed E-state index contributed by atoms with van der Waals surface area (Å²) in [4.78, 5) is 18.4. The van der Waals surface area contributed by atoms with Crippen LogP contribution in [-0.4, -0.2) is 27.3 Å². The van der Waals surface area contributed by atoms with Gasteiger partial charge >= 0.3 is 5.97 Å². The van der Waals surface area contributed by atoms with Crippen LogP contribution >= 0.6 is 23.4 Å². The molecule has 0 aliphatic rings. The molecule has 0 unspecified atom stereocenters. The molecule has 0 aromatic carbocycles. The Bertz CT molecular complexity index is 333. The van der Waals surface area contributed by atoms with Crippen LogP contribution in [0.25, 0.3) is 0 Å². The second-order valence-corrected chi connectivity index (χ2v) is 3.40. The van der Waals surface area contributed by atoms with E-state index in [0.29, 0.717) is 10.9 Å². The van der Waals surface area contributed by atoms with Gasteiger partial charge in [-0.1, -0.05) is 23.4 Å². The Morgan fingerprint density at radius 1 is 1.54 bits per heavy atom. The first-order valence-corrected chi connectivity index (χ1v) is 4.98. The summed E-state index contributed by atoms with van der Waals surface area (Å²) >= 11 is 6.98. The summed E-state index contributed by atoms with van der Waals surface area (Å²) in [5.74, 6) is -1.10. The number of hydrogen-bond acceptors (Lipinski definition) is 4. The number of carboxylic acids is 1. The third-order valence-electron chi connectivity index (χ3n) is 1.42. The number of hydrogen-bond donors (Lipinski definition) is 1. The van der Waals surface area contributed by atoms with Gasteiger partial charge in [0.05, 0.1) is 5.69 Å². The van der Waals surface area contributed by atoms with Gasteiger partial charge in [0.15, 0.2) is 5.16 Å². The molecule has 1 aromatic rings. The number of carbonyl (C=O) groups is 1. The van der Waals surface area contributed by atoms with Crippen LogP contribution in [0.2, 0.25) is 5.15 Å². The number of nitrogens with zero attached hydrogens (tertiary/aromatic N) is 2. The van der Waals surface area contributed by atoms with Gasteiger partial charge in [-0.3, -0.25) is 0 Å². The van der Waals surface area contributed by atoms with E-state index in [2.05, 4.69) is 9.97 Å². The summed E-state index contributed by atoms with van der Waals surface area (Å²) in [5, 5.41) is 9.21. The molecule has 0 radical (unpaired) electrons. The van der Waals surface area contributed by atoms with Crippen LogP contribution < -0.4 is 0 Å². The molecule has 0 aliphatic heterocycles. The Morgan fingerprint density at radius 3 is 2.54 bits per heavy atom. The molecule has 0 fully saturated rings. The Balaban J connectivity index is 3.31. The van der Waals surface area contributed by atoms with Crippen molar-refractivity contribution >= 4 is 29.3 Å². The van der Waals surface area contributed by atoms with Crippen LogP contribution in [0.5, 0.6) is 0 Å². The quantitative estimate of drug-likeness (QED) is 0.466. The lowest BCUT2D eigenvalue weighted by atomic mass is 10.2. The molecule has 1 N–H and O–H groups in total. The lowest BCUT2D eigenvalue weighted by Crippen LogP contribution is -2.05. The number of rotatable bonds is 2. The molecule has 0 spiro atoms. The van der Waals surface area contributed by atoms with E-state index < -0.39 is 5.97 Å². The zero-order chi connectivity index (χ0) is 10.0. The smallest absolute Gasteiger partial charge is 0.340 e. The largest absolute Gasteiger partial charge is 0.478 e. The second-order valence-electron chi connectivity index (χ2n) is 2.27. The van der Waals surface area contributed by atoms with E-state index in [-0.39, 0.29) is 10.7 Å². The van der Waals surface area contributed by atoms with Crippen LogP contribution in [0.3, 0.4) is 0 Å². The van der Waals surface area contributed by atoms with Gasteiger partial charge < -0.3 is 5.11 Å². The van der Waals surface area contributed by atoms with E-state index in [4.69, 9.17) is 16.7 Å². The zero-order valence-electron chi connectivity index (χ0n) is 7.04. The van der Waals surface area contributed by atoms with Gasteiger partial charge in [0.2, 0.25) is 0 Å². The van der Waals surface area contributed by atoms with Crippen LogP contribution in [0.1, 0.15) is 16.1 Å². The monoisotopic (exact) mass is 218 g/mol. The minimum Gasteiger partial charge on any atom is -0.478 e. The molecule has 0 bridgehead atoms. The SMILES string of the molecule is CSc1nc(C)c(C(=O)O)c(Cl)n1. The molecular weight excluding hydrogens is 212 g/mol. The molecule has 6 heteroatoms. The molecule has 13 heavy (non-hydrogen) atoms.